The van der Waals surface area contributed by atoms with E-state index in [1.165, 1.54) is 0 Å². The van der Waals surface area contributed by atoms with Crippen molar-refractivity contribution >= 4 is 30.1 Å². The van der Waals surface area contributed by atoms with Crippen LogP contribution in [0, 0.1) is 12.8 Å². The maximum Gasteiger partial charge on any atom is 0.338 e. The van der Waals surface area contributed by atoms with Crippen molar-refractivity contribution in [1.29, 1.82) is 0 Å². The molecule has 39 heavy (non-hydrogen) atoms. The van der Waals surface area contributed by atoms with Crippen molar-refractivity contribution in [2.75, 3.05) is 0 Å². The summed E-state index contributed by atoms with van der Waals surface area (Å²) in [5.74, 6) is -0.270. The van der Waals surface area contributed by atoms with Crippen LogP contribution in [0.2, 0.25) is 0 Å². The number of ether oxygens (including phenoxy) is 3. The fourth-order valence-electron chi connectivity index (χ4n) is 3.39. The van der Waals surface area contributed by atoms with Crippen molar-refractivity contribution < 1.29 is 28.6 Å². The topological polar surface area (TPSA) is 78.9 Å². The molecule has 0 bridgehead atoms. The number of carbonyl (C=O) groups excluding carboxylic acids is 3. The molecule has 0 aromatic heterocycles. The summed E-state index contributed by atoms with van der Waals surface area (Å²) in [6.07, 6.45) is 3.74. The van der Waals surface area contributed by atoms with Gasteiger partial charge in [-0.3, -0.25) is 4.79 Å². The van der Waals surface area contributed by atoms with Gasteiger partial charge in [-0.1, -0.05) is 69.5 Å². The third kappa shape index (κ3) is 7.89. The van der Waals surface area contributed by atoms with E-state index in [2.05, 4.69) is 13.2 Å². The highest BCUT2D eigenvalue weighted by molar-refractivity contribution is 5.91. The summed E-state index contributed by atoms with van der Waals surface area (Å²) in [5, 5.41) is 0. The molecule has 200 valence electrons. The molecule has 0 spiro atoms. The Morgan fingerprint density at radius 1 is 0.718 bits per heavy atom. The average Bonchev–Trinajstić information content (AvgIpc) is 2.89. The van der Waals surface area contributed by atoms with Gasteiger partial charge in [-0.15, -0.1) is 0 Å². The van der Waals surface area contributed by atoms with Gasteiger partial charge in [0.2, 0.25) is 0 Å². The zero-order chi connectivity index (χ0) is 28.7. The highest BCUT2D eigenvalue weighted by atomic mass is 16.5. The summed E-state index contributed by atoms with van der Waals surface area (Å²) in [5.41, 5.74) is 4.77. The second-order valence-corrected chi connectivity index (χ2v) is 9.55. The van der Waals surface area contributed by atoms with Crippen LogP contribution >= 0.6 is 0 Å². The molecule has 0 fully saturated rings. The molecular formula is C33H32O6. The molecule has 0 N–H and O–H groups in total. The molecule has 0 heterocycles. The lowest BCUT2D eigenvalue weighted by Crippen LogP contribution is -2.14. The largest absolute Gasteiger partial charge is 0.426 e. The summed E-state index contributed by atoms with van der Waals surface area (Å²) in [6.45, 7) is 15.9. The Balaban J connectivity index is 1.91. The van der Waals surface area contributed by atoms with Crippen LogP contribution in [0.5, 0.6) is 17.2 Å². The Bertz CT molecular complexity index is 1440. The monoisotopic (exact) mass is 524 g/mol. The Morgan fingerprint density at radius 2 is 1.26 bits per heavy atom. The number of hydrogen-bond donors (Lipinski definition) is 0. The van der Waals surface area contributed by atoms with Crippen LogP contribution in [-0.4, -0.2) is 17.9 Å². The highest BCUT2D eigenvalue weighted by Crippen LogP contribution is 2.33. The van der Waals surface area contributed by atoms with E-state index in [1.54, 1.807) is 58.0 Å². The summed E-state index contributed by atoms with van der Waals surface area (Å²) in [4.78, 5) is 36.1. The van der Waals surface area contributed by atoms with Crippen LogP contribution in [0.4, 0.5) is 0 Å². The fourth-order valence-corrected chi connectivity index (χ4v) is 3.39. The van der Waals surface area contributed by atoms with Crippen molar-refractivity contribution in [3.05, 3.63) is 102 Å². The third-order valence-electron chi connectivity index (χ3n) is 5.66. The van der Waals surface area contributed by atoms with E-state index >= 15 is 0 Å². The molecule has 0 aliphatic carbocycles. The van der Waals surface area contributed by atoms with Gasteiger partial charge in [0.15, 0.2) is 0 Å². The molecular weight excluding hydrogens is 492 g/mol. The normalized spacial score (nSPS) is 10.8. The van der Waals surface area contributed by atoms with Crippen LogP contribution in [0.25, 0.3) is 23.3 Å². The Kier molecular flexibility index (Phi) is 9.39. The lowest BCUT2D eigenvalue weighted by Gasteiger charge is -2.14. The van der Waals surface area contributed by atoms with Gasteiger partial charge in [-0.05, 0) is 73.4 Å². The second-order valence-electron chi connectivity index (χ2n) is 9.55. The van der Waals surface area contributed by atoms with Crippen molar-refractivity contribution in [2.45, 2.75) is 34.6 Å². The van der Waals surface area contributed by atoms with Crippen molar-refractivity contribution in [1.82, 2.24) is 0 Å². The van der Waals surface area contributed by atoms with Gasteiger partial charge >= 0.3 is 17.9 Å². The minimum absolute atomic E-state index is 0.226. The van der Waals surface area contributed by atoms with E-state index in [1.807, 2.05) is 49.4 Å². The first kappa shape index (κ1) is 28.9. The minimum Gasteiger partial charge on any atom is -0.426 e. The van der Waals surface area contributed by atoms with Crippen LogP contribution in [0.3, 0.4) is 0 Å². The molecule has 0 aliphatic rings. The predicted octanol–water partition coefficient (Wildman–Crippen LogP) is 7.36. The summed E-state index contributed by atoms with van der Waals surface area (Å²) >= 11 is 0. The van der Waals surface area contributed by atoms with E-state index in [4.69, 9.17) is 14.2 Å². The smallest absolute Gasteiger partial charge is 0.338 e. The zero-order valence-corrected chi connectivity index (χ0v) is 22.9. The van der Waals surface area contributed by atoms with Gasteiger partial charge in [0.25, 0.3) is 0 Å². The third-order valence-corrected chi connectivity index (χ3v) is 5.66. The first-order valence-corrected chi connectivity index (χ1v) is 12.4. The molecule has 3 aromatic rings. The van der Waals surface area contributed by atoms with Crippen LogP contribution in [0.15, 0.2) is 85.0 Å². The van der Waals surface area contributed by atoms with Gasteiger partial charge in [0.1, 0.15) is 17.2 Å². The summed E-state index contributed by atoms with van der Waals surface area (Å²) < 4.78 is 16.3. The SMILES string of the molecule is C=C(C)C(=O)Oc1ccc(/C=C/c2c(C)cc(-c3ccc(OC(=O)C(C)C)cc3)cc2OC(=O)C(=C)C)cc1. The second kappa shape index (κ2) is 12.7. The van der Waals surface area contributed by atoms with Gasteiger partial charge in [-0.2, -0.15) is 0 Å². The Morgan fingerprint density at radius 3 is 1.82 bits per heavy atom. The van der Waals surface area contributed by atoms with E-state index in [-0.39, 0.29) is 17.5 Å². The van der Waals surface area contributed by atoms with Gasteiger partial charge in [0, 0.05) is 16.7 Å². The molecule has 3 aromatic carbocycles. The van der Waals surface area contributed by atoms with Crippen molar-refractivity contribution in [3.63, 3.8) is 0 Å². The maximum atomic E-state index is 12.4. The number of benzene rings is 3. The van der Waals surface area contributed by atoms with Gasteiger partial charge < -0.3 is 14.2 Å². The van der Waals surface area contributed by atoms with Crippen LogP contribution in [-0.2, 0) is 14.4 Å². The number of carbonyl (C=O) groups is 3. The number of esters is 3. The summed E-state index contributed by atoms with van der Waals surface area (Å²) in [6, 6.07) is 18.0. The number of rotatable bonds is 9. The van der Waals surface area contributed by atoms with Crippen molar-refractivity contribution in [3.8, 4) is 28.4 Å². The lowest BCUT2D eigenvalue weighted by molar-refractivity contribution is -0.137. The maximum absolute atomic E-state index is 12.4. The predicted molar refractivity (Wildman–Crippen MR) is 153 cm³/mol. The number of hydrogen-bond acceptors (Lipinski definition) is 6. The van der Waals surface area contributed by atoms with E-state index in [0.717, 1.165) is 27.8 Å². The molecule has 0 saturated carbocycles. The quantitative estimate of drug-likeness (QED) is 0.126. The molecule has 6 nitrogen and oxygen atoms in total. The molecule has 6 heteroatoms. The summed E-state index contributed by atoms with van der Waals surface area (Å²) in [7, 11) is 0. The van der Waals surface area contributed by atoms with Crippen LogP contribution < -0.4 is 14.2 Å². The molecule has 0 unspecified atom stereocenters. The standard InChI is InChI=1S/C33H32O6/c1-20(2)31(34)37-27-13-8-24(9-14-27)10-17-29-23(7)18-26(19-30(29)39-33(36)22(5)6)25-11-15-28(16-12-25)38-32(35)21(3)4/h8-19,21H,1,5H2,2-4,6-7H3/b17-10+. The molecule has 3 rings (SSSR count). The lowest BCUT2D eigenvalue weighted by atomic mass is 9.98. The highest BCUT2D eigenvalue weighted by Gasteiger charge is 2.15. The van der Waals surface area contributed by atoms with Crippen molar-refractivity contribution in [2.24, 2.45) is 5.92 Å². The molecule has 0 atom stereocenters. The average molecular weight is 525 g/mol. The Labute approximate surface area is 229 Å². The first-order valence-electron chi connectivity index (χ1n) is 12.4. The van der Waals surface area contributed by atoms with Crippen LogP contribution in [0.1, 0.15) is 44.4 Å². The molecule has 0 saturated heterocycles. The van der Waals surface area contributed by atoms with E-state index in [9.17, 15) is 14.4 Å². The first-order chi connectivity index (χ1) is 18.4. The molecule has 0 radical (unpaired) electrons. The van der Waals surface area contributed by atoms with Gasteiger partial charge in [0.05, 0.1) is 5.92 Å². The zero-order valence-electron chi connectivity index (χ0n) is 22.9. The van der Waals surface area contributed by atoms with E-state index < -0.39 is 11.9 Å². The van der Waals surface area contributed by atoms with Gasteiger partial charge in [-0.25, -0.2) is 9.59 Å². The fraction of sp³-hybridized carbons (Fsp3) is 0.182. The minimum atomic E-state index is -0.527. The molecule has 0 aliphatic heterocycles. The Hall–Kier alpha value is -4.71. The number of aryl methyl sites for hydroxylation is 1. The molecule has 0 amide bonds. The van der Waals surface area contributed by atoms with E-state index in [0.29, 0.717) is 22.8 Å².